The van der Waals surface area contributed by atoms with Gasteiger partial charge < -0.3 is 5.32 Å². The number of hydrogen-bond donors (Lipinski definition) is 1. The Morgan fingerprint density at radius 2 is 2.50 bits per heavy atom. The van der Waals surface area contributed by atoms with Crippen LogP contribution in [0.15, 0.2) is 6.20 Å². The van der Waals surface area contributed by atoms with Crippen LogP contribution in [0.5, 0.6) is 0 Å². The second-order valence-corrected chi connectivity index (χ2v) is 5.63. The van der Waals surface area contributed by atoms with Crippen LogP contribution < -0.4 is 5.32 Å². The molecule has 6 heteroatoms. The Morgan fingerprint density at radius 1 is 1.69 bits per heavy atom. The third-order valence-electron chi connectivity index (χ3n) is 2.80. The van der Waals surface area contributed by atoms with Gasteiger partial charge in [-0.2, -0.15) is 0 Å². The Bertz CT molecular complexity index is 319. The molecule has 1 aromatic heterocycles. The van der Waals surface area contributed by atoms with E-state index in [0.29, 0.717) is 6.04 Å². The number of rotatable bonds is 4. The fourth-order valence-corrected chi connectivity index (χ4v) is 3.09. The molecule has 0 spiro atoms. The van der Waals surface area contributed by atoms with Gasteiger partial charge in [0.1, 0.15) is 9.34 Å². The molecular formula is C10H17Cl2N3S. The monoisotopic (exact) mass is 281 g/mol. The summed E-state index contributed by atoms with van der Waals surface area (Å²) in [4.78, 5) is 6.79. The summed E-state index contributed by atoms with van der Waals surface area (Å²) < 4.78 is 0.786. The van der Waals surface area contributed by atoms with E-state index in [-0.39, 0.29) is 12.4 Å². The largest absolute Gasteiger partial charge is 0.318 e. The molecule has 0 aromatic carbocycles. The van der Waals surface area contributed by atoms with E-state index in [4.69, 9.17) is 11.6 Å². The molecule has 1 N–H and O–H groups in total. The van der Waals surface area contributed by atoms with E-state index in [0.717, 1.165) is 22.4 Å². The highest BCUT2D eigenvalue weighted by molar-refractivity contribution is 7.15. The van der Waals surface area contributed by atoms with Gasteiger partial charge in [-0.15, -0.1) is 23.7 Å². The third-order valence-corrected chi connectivity index (χ3v) is 3.90. The molecule has 0 radical (unpaired) electrons. The zero-order valence-corrected chi connectivity index (χ0v) is 11.7. The standard InChI is InChI=1S/C10H16ClN3S.ClH/c1-12-5-8-3-2-4-14(8)7-10-13-6-9(11)15-10;/h6,8,12H,2-5,7H2,1H3;1H. The topological polar surface area (TPSA) is 28.2 Å². The second kappa shape index (κ2) is 6.77. The van der Waals surface area contributed by atoms with Crippen LogP contribution in [0, 0.1) is 0 Å². The van der Waals surface area contributed by atoms with E-state index >= 15 is 0 Å². The molecule has 0 bridgehead atoms. The number of nitrogens with one attached hydrogen (secondary N) is 1. The number of thiazole rings is 1. The van der Waals surface area contributed by atoms with Gasteiger partial charge in [0.15, 0.2) is 0 Å². The first-order chi connectivity index (χ1) is 7.29. The zero-order chi connectivity index (χ0) is 10.7. The van der Waals surface area contributed by atoms with Crippen molar-refractivity contribution in [3.8, 4) is 0 Å². The molecule has 1 aliphatic rings. The number of hydrogen-bond acceptors (Lipinski definition) is 4. The van der Waals surface area contributed by atoms with Gasteiger partial charge in [0, 0.05) is 12.6 Å². The molecule has 16 heavy (non-hydrogen) atoms. The SMILES string of the molecule is CNCC1CCCN1Cc1ncc(Cl)s1.Cl. The maximum absolute atomic E-state index is 5.87. The van der Waals surface area contributed by atoms with Crippen molar-refractivity contribution in [3.63, 3.8) is 0 Å². The quantitative estimate of drug-likeness (QED) is 0.919. The Labute approximate surface area is 112 Å². The Morgan fingerprint density at radius 3 is 3.12 bits per heavy atom. The number of halogens is 2. The fraction of sp³-hybridized carbons (Fsp3) is 0.700. The van der Waals surface area contributed by atoms with Crippen molar-refractivity contribution in [2.24, 2.45) is 0 Å². The summed E-state index contributed by atoms with van der Waals surface area (Å²) in [6, 6.07) is 0.665. The van der Waals surface area contributed by atoms with Crippen molar-refractivity contribution in [1.82, 2.24) is 15.2 Å². The first-order valence-electron chi connectivity index (χ1n) is 5.28. The van der Waals surface area contributed by atoms with Crippen molar-refractivity contribution in [3.05, 3.63) is 15.5 Å². The summed E-state index contributed by atoms with van der Waals surface area (Å²) >= 11 is 7.46. The molecule has 1 saturated heterocycles. The normalized spacial score (nSPS) is 21.0. The average molecular weight is 282 g/mol. The van der Waals surface area contributed by atoms with Crippen LogP contribution in [-0.2, 0) is 6.54 Å². The first kappa shape index (κ1) is 14.2. The molecule has 2 heterocycles. The minimum atomic E-state index is 0. The van der Waals surface area contributed by atoms with Crippen molar-refractivity contribution in [2.45, 2.75) is 25.4 Å². The predicted molar refractivity (Wildman–Crippen MR) is 71.7 cm³/mol. The Balaban J connectivity index is 0.00000128. The molecule has 1 aliphatic heterocycles. The molecule has 3 nitrogen and oxygen atoms in total. The molecule has 0 aliphatic carbocycles. The van der Waals surface area contributed by atoms with E-state index in [1.165, 1.54) is 19.4 Å². The van der Waals surface area contributed by atoms with E-state index < -0.39 is 0 Å². The lowest BCUT2D eigenvalue weighted by atomic mass is 10.2. The van der Waals surface area contributed by atoms with Gasteiger partial charge in [0.25, 0.3) is 0 Å². The van der Waals surface area contributed by atoms with E-state index in [9.17, 15) is 0 Å². The molecule has 92 valence electrons. The second-order valence-electron chi connectivity index (χ2n) is 3.88. The zero-order valence-electron chi connectivity index (χ0n) is 9.28. The number of aromatic nitrogens is 1. The van der Waals surface area contributed by atoms with Crippen LogP contribution in [-0.4, -0.2) is 36.1 Å². The highest BCUT2D eigenvalue weighted by Crippen LogP contribution is 2.23. The Kier molecular flexibility index (Phi) is 6.00. The summed E-state index contributed by atoms with van der Waals surface area (Å²) in [7, 11) is 2.01. The van der Waals surface area contributed by atoms with E-state index in [2.05, 4.69) is 15.2 Å². The molecule has 1 aromatic rings. The third kappa shape index (κ3) is 3.57. The lowest BCUT2D eigenvalue weighted by Crippen LogP contribution is -2.36. The van der Waals surface area contributed by atoms with Crippen molar-refractivity contribution >= 4 is 35.3 Å². The van der Waals surface area contributed by atoms with Crippen LogP contribution >= 0.6 is 35.3 Å². The molecule has 0 amide bonds. The highest BCUT2D eigenvalue weighted by atomic mass is 35.5. The van der Waals surface area contributed by atoms with E-state index in [1.54, 1.807) is 17.5 Å². The van der Waals surface area contributed by atoms with Gasteiger partial charge in [0.2, 0.25) is 0 Å². The van der Waals surface area contributed by atoms with Crippen LogP contribution in [0.2, 0.25) is 4.34 Å². The van der Waals surface area contributed by atoms with Crippen LogP contribution in [0.3, 0.4) is 0 Å². The van der Waals surface area contributed by atoms with Gasteiger partial charge in [-0.05, 0) is 26.4 Å². The fourth-order valence-electron chi connectivity index (χ4n) is 2.10. The number of likely N-dealkylation sites (tertiary alicyclic amines) is 1. The van der Waals surface area contributed by atoms with Gasteiger partial charge in [-0.1, -0.05) is 11.6 Å². The van der Waals surface area contributed by atoms with Crippen LogP contribution in [0.25, 0.3) is 0 Å². The summed E-state index contributed by atoms with van der Waals surface area (Å²) in [5.41, 5.74) is 0. The lowest BCUT2D eigenvalue weighted by molar-refractivity contribution is 0.242. The van der Waals surface area contributed by atoms with Gasteiger partial charge in [0.05, 0.1) is 12.7 Å². The summed E-state index contributed by atoms with van der Waals surface area (Å²) in [5, 5.41) is 4.37. The molecule has 1 atom stereocenters. The maximum atomic E-state index is 5.87. The predicted octanol–water partition coefficient (Wildman–Crippen LogP) is 2.40. The summed E-state index contributed by atoms with van der Waals surface area (Å²) in [6.07, 6.45) is 4.33. The van der Waals surface area contributed by atoms with Gasteiger partial charge >= 0.3 is 0 Å². The maximum Gasteiger partial charge on any atom is 0.113 e. The Hall–Kier alpha value is 0.130. The number of likely N-dealkylation sites (N-methyl/N-ethyl adjacent to an activating group) is 1. The summed E-state index contributed by atoms with van der Waals surface area (Å²) in [5.74, 6) is 0. The first-order valence-corrected chi connectivity index (χ1v) is 6.48. The van der Waals surface area contributed by atoms with Gasteiger partial charge in [-0.3, -0.25) is 4.90 Å². The van der Waals surface area contributed by atoms with Crippen LogP contribution in [0.1, 0.15) is 17.8 Å². The number of nitrogens with zero attached hydrogens (tertiary/aromatic N) is 2. The van der Waals surface area contributed by atoms with Crippen molar-refractivity contribution < 1.29 is 0 Å². The van der Waals surface area contributed by atoms with Crippen molar-refractivity contribution in [2.75, 3.05) is 20.1 Å². The minimum Gasteiger partial charge on any atom is -0.318 e. The van der Waals surface area contributed by atoms with E-state index in [1.807, 2.05) is 7.05 Å². The summed E-state index contributed by atoms with van der Waals surface area (Å²) in [6.45, 7) is 3.20. The highest BCUT2D eigenvalue weighted by Gasteiger charge is 2.24. The molecule has 1 unspecified atom stereocenters. The minimum absolute atomic E-state index is 0. The van der Waals surface area contributed by atoms with Crippen molar-refractivity contribution in [1.29, 1.82) is 0 Å². The molecule has 0 saturated carbocycles. The van der Waals surface area contributed by atoms with Crippen LogP contribution in [0.4, 0.5) is 0 Å². The molecule has 1 fully saturated rings. The average Bonchev–Trinajstić information content (AvgIpc) is 2.78. The smallest absolute Gasteiger partial charge is 0.113 e. The van der Waals surface area contributed by atoms with Gasteiger partial charge in [-0.25, -0.2) is 4.98 Å². The molecule has 2 rings (SSSR count). The molecular weight excluding hydrogens is 265 g/mol. The lowest BCUT2D eigenvalue weighted by Gasteiger charge is -2.22.